The molecule has 0 amide bonds. The number of nitrogens with zero attached hydrogens (tertiary/aromatic N) is 5. The normalized spacial score (nSPS) is 10.5. The van der Waals surface area contributed by atoms with Gasteiger partial charge < -0.3 is 4.74 Å². The zero-order valence-electron chi connectivity index (χ0n) is 12.8. The Balaban J connectivity index is 2.21. The second-order valence-corrected chi connectivity index (χ2v) is 4.89. The third-order valence-electron chi connectivity index (χ3n) is 3.43. The Morgan fingerprint density at radius 3 is 2.70 bits per heavy atom. The lowest BCUT2D eigenvalue weighted by molar-refractivity contribution is -0.139. The molecule has 3 heterocycles. The Hall–Kier alpha value is -3.09. The van der Waals surface area contributed by atoms with Crippen molar-refractivity contribution in [3.63, 3.8) is 0 Å². The lowest BCUT2D eigenvalue weighted by Gasteiger charge is -2.08. The first-order valence-corrected chi connectivity index (χ1v) is 7.03. The summed E-state index contributed by atoms with van der Waals surface area (Å²) in [4.78, 5) is 24.2. The molecular weight excluding hydrogens is 294 g/mol. The van der Waals surface area contributed by atoms with Gasteiger partial charge in [-0.05, 0) is 19.1 Å². The van der Waals surface area contributed by atoms with E-state index in [-0.39, 0.29) is 12.4 Å². The molecule has 7 heteroatoms. The third kappa shape index (κ3) is 2.94. The van der Waals surface area contributed by atoms with Gasteiger partial charge in [-0.2, -0.15) is 5.10 Å². The molecule has 0 radical (unpaired) electrons. The smallest absolute Gasteiger partial charge is 0.310 e. The van der Waals surface area contributed by atoms with Crippen LogP contribution in [0.2, 0.25) is 0 Å². The van der Waals surface area contributed by atoms with E-state index in [1.165, 1.54) is 13.4 Å². The first-order chi connectivity index (χ1) is 11.2. The molecule has 0 aromatic carbocycles. The molecule has 7 nitrogen and oxygen atoms in total. The quantitative estimate of drug-likeness (QED) is 0.683. The van der Waals surface area contributed by atoms with Crippen molar-refractivity contribution < 1.29 is 9.53 Å². The standard InChI is InChI=1S/C16H15N5O2/c1-11-13(7-15(22)23-2)16(14-5-3-4-6-19-14)21(20-11)12-8-17-10-18-9-12/h3-6,8-10H,7H2,1-2H3. The fourth-order valence-electron chi connectivity index (χ4n) is 2.34. The predicted octanol–water partition coefficient (Wildman–Crippen LogP) is 1.75. The summed E-state index contributed by atoms with van der Waals surface area (Å²) in [5.41, 5.74) is 3.67. The van der Waals surface area contributed by atoms with Crippen molar-refractivity contribution in [2.45, 2.75) is 13.3 Å². The number of carbonyl (C=O) groups excluding carboxylic acids is 1. The zero-order chi connectivity index (χ0) is 16.2. The molecule has 0 atom stereocenters. The minimum atomic E-state index is -0.325. The number of methoxy groups -OCH3 is 1. The van der Waals surface area contributed by atoms with Gasteiger partial charge in [0.1, 0.15) is 12.0 Å². The van der Waals surface area contributed by atoms with Crippen molar-refractivity contribution in [1.29, 1.82) is 0 Å². The van der Waals surface area contributed by atoms with E-state index in [1.54, 1.807) is 23.3 Å². The summed E-state index contributed by atoms with van der Waals surface area (Å²) in [7, 11) is 1.37. The fraction of sp³-hybridized carbons (Fsp3) is 0.188. The Morgan fingerprint density at radius 2 is 2.04 bits per heavy atom. The minimum Gasteiger partial charge on any atom is -0.469 e. The topological polar surface area (TPSA) is 82.8 Å². The van der Waals surface area contributed by atoms with Crippen molar-refractivity contribution in [3.8, 4) is 17.1 Å². The highest BCUT2D eigenvalue weighted by atomic mass is 16.5. The second-order valence-electron chi connectivity index (χ2n) is 4.89. The lowest BCUT2D eigenvalue weighted by Crippen LogP contribution is -2.07. The molecular formula is C16H15N5O2. The maximum atomic E-state index is 11.8. The molecule has 0 bridgehead atoms. The van der Waals surface area contributed by atoms with Gasteiger partial charge in [0.15, 0.2) is 0 Å². The highest BCUT2D eigenvalue weighted by Crippen LogP contribution is 2.27. The number of rotatable bonds is 4. The lowest BCUT2D eigenvalue weighted by atomic mass is 10.1. The molecule has 0 aliphatic heterocycles. The molecule has 0 fully saturated rings. The summed E-state index contributed by atoms with van der Waals surface area (Å²) in [5, 5.41) is 4.53. The van der Waals surface area contributed by atoms with Gasteiger partial charge in [-0.3, -0.25) is 9.78 Å². The Morgan fingerprint density at radius 1 is 1.26 bits per heavy atom. The molecule has 0 unspecified atom stereocenters. The monoisotopic (exact) mass is 309 g/mol. The van der Waals surface area contributed by atoms with Gasteiger partial charge in [0.2, 0.25) is 0 Å². The van der Waals surface area contributed by atoms with Gasteiger partial charge in [0.25, 0.3) is 0 Å². The van der Waals surface area contributed by atoms with Crippen molar-refractivity contribution in [2.24, 2.45) is 0 Å². The van der Waals surface area contributed by atoms with Crippen LogP contribution in [-0.2, 0) is 16.0 Å². The Labute approximate surface area is 133 Å². The summed E-state index contributed by atoms with van der Waals surface area (Å²) in [6.07, 6.45) is 6.60. The number of aryl methyl sites for hydroxylation is 1. The largest absolute Gasteiger partial charge is 0.469 e. The van der Waals surface area contributed by atoms with E-state index in [9.17, 15) is 4.79 Å². The van der Waals surface area contributed by atoms with Crippen LogP contribution in [0, 0.1) is 6.92 Å². The van der Waals surface area contributed by atoms with Crippen molar-refractivity contribution >= 4 is 5.97 Å². The van der Waals surface area contributed by atoms with E-state index in [4.69, 9.17) is 4.74 Å². The van der Waals surface area contributed by atoms with Gasteiger partial charge in [0.05, 0.1) is 43.0 Å². The van der Waals surface area contributed by atoms with E-state index < -0.39 is 0 Å². The van der Waals surface area contributed by atoms with Crippen LogP contribution in [-0.4, -0.2) is 37.8 Å². The van der Waals surface area contributed by atoms with Gasteiger partial charge in [-0.25, -0.2) is 14.6 Å². The average molecular weight is 309 g/mol. The Bertz CT molecular complexity index is 815. The molecule has 0 aliphatic carbocycles. The third-order valence-corrected chi connectivity index (χ3v) is 3.43. The molecule has 0 N–H and O–H groups in total. The van der Waals surface area contributed by atoms with Crippen molar-refractivity contribution in [2.75, 3.05) is 7.11 Å². The van der Waals surface area contributed by atoms with Crippen LogP contribution < -0.4 is 0 Å². The van der Waals surface area contributed by atoms with Gasteiger partial charge in [-0.15, -0.1) is 0 Å². The first kappa shape index (κ1) is 14.8. The number of aromatic nitrogens is 5. The summed E-state index contributed by atoms with van der Waals surface area (Å²) < 4.78 is 6.50. The van der Waals surface area contributed by atoms with Crippen LogP contribution >= 0.6 is 0 Å². The van der Waals surface area contributed by atoms with Crippen LogP contribution in [0.5, 0.6) is 0 Å². The molecule has 23 heavy (non-hydrogen) atoms. The zero-order valence-corrected chi connectivity index (χ0v) is 12.8. The molecule has 3 aromatic heterocycles. The number of esters is 1. The molecule has 0 saturated heterocycles. The number of hydrogen-bond acceptors (Lipinski definition) is 6. The van der Waals surface area contributed by atoms with Crippen LogP contribution in [0.1, 0.15) is 11.3 Å². The van der Waals surface area contributed by atoms with E-state index in [2.05, 4.69) is 20.1 Å². The highest BCUT2D eigenvalue weighted by Gasteiger charge is 2.21. The van der Waals surface area contributed by atoms with Crippen molar-refractivity contribution in [1.82, 2.24) is 24.7 Å². The second kappa shape index (κ2) is 6.35. The van der Waals surface area contributed by atoms with Crippen LogP contribution in [0.3, 0.4) is 0 Å². The van der Waals surface area contributed by atoms with E-state index >= 15 is 0 Å². The van der Waals surface area contributed by atoms with Crippen molar-refractivity contribution in [3.05, 3.63) is 54.4 Å². The van der Waals surface area contributed by atoms with Crippen LogP contribution in [0.15, 0.2) is 43.1 Å². The van der Waals surface area contributed by atoms with Gasteiger partial charge >= 0.3 is 5.97 Å². The maximum Gasteiger partial charge on any atom is 0.310 e. The fourth-order valence-corrected chi connectivity index (χ4v) is 2.34. The summed E-state index contributed by atoms with van der Waals surface area (Å²) in [6, 6.07) is 5.60. The van der Waals surface area contributed by atoms with E-state index in [1.807, 2.05) is 25.1 Å². The number of ether oxygens (including phenoxy) is 1. The number of pyridine rings is 1. The number of hydrogen-bond donors (Lipinski definition) is 0. The summed E-state index contributed by atoms with van der Waals surface area (Å²) >= 11 is 0. The summed E-state index contributed by atoms with van der Waals surface area (Å²) in [5.74, 6) is -0.325. The molecule has 3 rings (SSSR count). The molecule has 0 saturated carbocycles. The average Bonchev–Trinajstić information content (AvgIpc) is 2.93. The Kier molecular flexibility index (Phi) is 4.09. The SMILES string of the molecule is COC(=O)Cc1c(C)nn(-c2cncnc2)c1-c1ccccn1. The first-order valence-electron chi connectivity index (χ1n) is 7.03. The molecule has 0 aliphatic rings. The van der Waals surface area contributed by atoms with E-state index in [0.717, 1.165) is 22.6 Å². The van der Waals surface area contributed by atoms with Crippen LogP contribution in [0.25, 0.3) is 17.1 Å². The predicted molar refractivity (Wildman–Crippen MR) is 82.8 cm³/mol. The van der Waals surface area contributed by atoms with Gasteiger partial charge in [0, 0.05) is 11.8 Å². The molecule has 3 aromatic rings. The highest BCUT2D eigenvalue weighted by molar-refractivity contribution is 5.77. The van der Waals surface area contributed by atoms with E-state index in [0.29, 0.717) is 5.69 Å². The van der Waals surface area contributed by atoms with Crippen LogP contribution in [0.4, 0.5) is 0 Å². The molecule has 0 spiro atoms. The molecule has 116 valence electrons. The number of carbonyl (C=O) groups is 1. The maximum absolute atomic E-state index is 11.8. The minimum absolute atomic E-state index is 0.127. The van der Waals surface area contributed by atoms with Gasteiger partial charge in [-0.1, -0.05) is 6.07 Å². The summed E-state index contributed by atoms with van der Waals surface area (Å²) in [6.45, 7) is 1.85.